The predicted molar refractivity (Wildman–Crippen MR) is 213 cm³/mol. The molecule has 12 nitrogen and oxygen atoms in total. The summed E-state index contributed by atoms with van der Waals surface area (Å²) in [6.07, 6.45) is 4.08. The van der Waals surface area contributed by atoms with Crippen LogP contribution in [0.1, 0.15) is 86.6 Å². The molecule has 0 saturated carbocycles. The first-order valence-corrected chi connectivity index (χ1v) is 18.8. The molecule has 290 valence electrons. The number of aliphatic hydroxyl groups is 1. The third-order valence-corrected chi connectivity index (χ3v) is 10.2. The number of carbonyl (C=O) groups is 1. The van der Waals surface area contributed by atoms with Crippen molar-refractivity contribution in [2.75, 3.05) is 32.3 Å². The van der Waals surface area contributed by atoms with Crippen LogP contribution >= 0.6 is 0 Å². The molecule has 2 aromatic heterocycles. The van der Waals surface area contributed by atoms with E-state index < -0.39 is 12.2 Å². The summed E-state index contributed by atoms with van der Waals surface area (Å²) in [5.74, 6) is 2.10. The summed E-state index contributed by atoms with van der Waals surface area (Å²) in [4.78, 5) is 25.4. The summed E-state index contributed by atoms with van der Waals surface area (Å²) in [7, 11) is 3.30. The van der Waals surface area contributed by atoms with E-state index in [1.54, 1.807) is 24.9 Å². The second-order valence-electron chi connectivity index (χ2n) is 15.1. The number of fused-ring (bicyclic) bond motifs is 1. The first kappa shape index (κ1) is 39.1. The van der Waals surface area contributed by atoms with Crippen LogP contribution in [-0.2, 0) is 13.1 Å². The van der Waals surface area contributed by atoms with Crippen LogP contribution in [0.2, 0.25) is 0 Å². The zero-order valence-corrected chi connectivity index (χ0v) is 32.8. The molecule has 0 spiro atoms. The molecule has 0 radical (unpaired) electrons. The quantitative estimate of drug-likeness (QED) is 0.107. The maximum absolute atomic E-state index is 12.0. The van der Waals surface area contributed by atoms with E-state index in [1.165, 1.54) is 4.90 Å². The molecule has 5 aromatic rings. The number of amides is 1. The number of nitrogens with zero attached hydrogens (tertiary/aromatic N) is 6. The Balaban J connectivity index is 1.38. The first-order chi connectivity index (χ1) is 26.4. The first-order valence-electron chi connectivity index (χ1n) is 18.8. The van der Waals surface area contributed by atoms with E-state index in [1.807, 2.05) is 79.7 Å². The predicted octanol–water partition coefficient (Wildman–Crippen LogP) is 8.10. The lowest BCUT2D eigenvalue weighted by molar-refractivity contribution is 0.0884. The molecular formula is C43H52N6O6. The van der Waals surface area contributed by atoms with E-state index in [4.69, 9.17) is 29.3 Å². The number of benzene rings is 3. The van der Waals surface area contributed by atoms with Crippen LogP contribution in [0.3, 0.4) is 0 Å². The average Bonchev–Trinajstić information content (AvgIpc) is 3.61. The number of rotatable bonds is 14. The number of methoxy groups -OCH3 is 2. The van der Waals surface area contributed by atoms with Gasteiger partial charge in [0.25, 0.3) is 0 Å². The number of anilines is 1. The van der Waals surface area contributed by atoms with Gasteiger partial charge in [-0.15, -0.1) is 5.10 Å². The molecule has 2 unspecified atom stereocenters. The molecule has 55 heavy (non-hydrogen) atoms. The molecule has 1 amide bonds. The number of ether oxygens (including phenoxy) is 3. The van der Waals surface area contributed by atoms with Crippen molar-refractivity contribution in [3.63, 3.8) is 0 Å². The van der Waals surface area contributed by atoms with Crippen LogP contribution in [-0.4, -0.2) is 74.2 Å². The normalized spacial score (nSPS) is 15.1. The third kappa shape index (κ3) is 8.86. The van der Waals surface area contributed by atoms with Crippen molar-refractivity contribution in [2.45, 2.75) is 79.1 Å². The van der Waals surface area contributed by atoms with E-state index in [0.29, 0.717) is 55.4 Å². The number of aliphatic hydroxyl groups excluding tert-OH is 1. The Morgan fingerprint density at radius 3 is 2.16 bits per heavy atom. The highest BCUT2D eigenvalue weighted by Crippen LogP contribution is 2.38. The molecule has 2 N–H and O–H groups in total. The number of aromatic nitrogens is 4. The van der Waals surface area contributed by atoms with Crippen molar-refractivity contribution in [1.29, 1.82) is 0 Å². The van der Waals surface area contributed by atoms with Gasteiger partial charge in [-0.3, -0.25) is 0 Å². The van der Waals surface area contributed by atoms with Gasteiger partial charge in [0.2, 0.25) is 0 Å². The zero-order chi connectivity index (χ0) is 39.3. The number of unbranched alkanes of at least 4 members (excludes halogenated alkanes) is 1. The van der Waals surface area contributed by atoms with Crippen molar-refractivity contribution in [3.05, 3.63) is 113 Å². The summed E-state index contributed by atoms with van der Waals surface area (Å²) in [6, 6.07) is 21.8. The largest absolute Gasteiger partial charge is 0.497 e. The van der Waals surface area contributed by atoms with Gasteiger partial charge < -0.3 is 34.2 Å². The standard InChI is InChI=1S/C43H52N6O6/c1-8-9-22-55-41-45-40(47(26-29-10-15-33(53-6)16-11-29)27-30-12-17-34(54-7)18-13-30)39-44-25-36(49(39)46-41)38(50)32-14-19-35(28(2)23-32)31-20-21-48(42(51)52)37(24-31)43(3,4)5/h10-20,23,25,37-38,50H,8-9,21-22,24,26-27H2,1-7H3,(H,51,52). The van der Waals surface area contributed by atoms with E-state index in [-0.39, 0.29) is 17.5 Å². The van der Waals surface area contributed by atoms with Crippen LogP contribution in [0.5, 0.6) is 17.5 Å². The summed E-state index contributed by atoms with van der Waals surface area (Å²) >= 11 is 0. The fourth-order valence-corrected chi connectivity index (χ4v) is 7.07. The van der Waals surface area contributed by atoms with Gasteiger partial charge in [0.05, 0.1) is 32.7 Å². The van der Waals surface area contributed by atoms with Gasteiger partial charge in [0.15, 0.2) is 11.5 Å². The second-order valence-corrected chi connectivity index (χ2v) is 15.1. The molecule has 1 aliphatic heterocycles. The van der Waals surface area contributed by atoms with Crippen molar-refractivity contribution >= 4 is 23.1 Å². The lowest BCUT2D eigenvalue weighted by Gasteiger charge is -2.41. The topological polar surface area (TPSA) is 135 Å². The Morgan fingerprint density at radius 1 is 0.982 bits per heavy atom. The molecule has 0 saturated heterocycles. The lowest BCUT2D eigenvalue weighted by atomic mass is 9.78. The van der Waals surface area contributed by atoms with Crippen LogP contribution in [0.15, 0.2) is 79.0 Å². The van der Waals surface area contributed by atoms with Crippen molar-refractivity contribution in [1.82, 2.24) is 24.5 Å². The number of imidazole rings is 1. The molecule has 1 aliphatic rings. The Bertz CT molecular complexity index is 2070. The van der Waals surface area contributed by atoms with E-state index >= 15 is 0 Å². The molecule has 0 fully saturated rings. The highest BCUT2D eigenvalue weighted by atomic mass is 16.5. The van der Waals surface area contributed by atoms with Gasteiger partial charge in [-0.05, 0) is 82.8 Å². The SMILES string of the molecule is CCCCOc1nc(N(Cc2ccc(OC)cc2)Cc2ccc(OC)cc2)c2ncc(C(O)c3ccc(C4=CCN(C(=O)O)C(C(C)(C)C)C4)c(C)c3)n2n1. The fourth-order valence-electron chi connectivity index (χ4n) is 7.07. The monoisotopic (exact) mass is 748 g/mol. The molecule has 0 aliphatic carbocycles. The fraction of sp³-hybridized carbons (Fsp3) is 0.395. The van der Waals surface area contributed by atoms with E-state index in [9.17, 15) is 15.0 Å². The van der Waals surface area contributed by atoms with Gasteiger partial charge in [-0.25, -0.2) is 14.3 Å². The van der Waals surface area contributed by atoms with Gasteiger partial charge in [0, 0.05) is 25.7 Å². The second kappa shape index (κ2) is 16.8. The summed E-state index contributed by atoms with van der Waals surface area (Å²) in [6.45, 7) is 12.1. The van der Waals surface area contributed by atoms with E-state index in [2.05, 4.69) is 32.6 Å². The summed E-state index contributed by atoms with van der Waals surface area (Å²) < 4.78 is 18.6. The van der Waals surface area contributed by atoms with Gasteiger partial charge in [-0.1, -0.05) is 82.7 Å². The van der Waals surface area contributed by atoms with Gasteiger partial charge >= 0.3 is 12.1 Å². The Morgan fingerprint density at radius 2 is 1.62 bits per heavy atom. The minimum atomic E-state index is -1.06. The number of carboxylic acid groups (broad SMARTS) is 1. The third-order valence-electron chi connectivity index (χ3n) is 10.2. The van der Waals surface area contributed by atoms with Crippen LogP contribution in [0.4, 0.5) is 10.6 Å². The molecule has 3 aromatic carbocycles. The molecule has 3 heterocycles. The summed E-state index contributed by atoms with van der Waals surface area (Å²) in [5, 5.41) is 26.6. The smallest absolute Gasteiger partial charge is 0.407 e. The minimum Gasteiger partial charge on any atom is -0.497 e. The Labute approximate surface area is 323 Å². The zero-order valence-electron chi connectivity index (χ0n) is 32.8. The highest BCUT2D eigenvalue weighted by molar-refractivity contribution is 5.74. The Hall–Kier alpha value is -5.62. The maximum atomic E-state index is 12.0. The lowest BCUT2D eigenvalue weighted by Crippen LogP contribution is -2.48. The molecule has 2 atom stereocenters. The Kier molecular flexibility index (Phi) is 11.9. The molecule has 12 heteroatoms. The van der Waals surface area contributed by atoms with Crippen molar-refractivity contribution < 1.29 is 29.2 Å². The number of aryl methyl sites for hydroxylation is 1. The van der Waals surface area contributed by atoms with Gasteiger partial charge in [0.1, 0.15) is 17.6 Å². The molecule has 6 rings (SSSR count). The molecule has 0 bridgehead atoms. The van der Waals surface area contributed by atoms with Crippen LogP contribution < -0.4 is 19.1 Å². The van der Waals surface area contributed by atoms with E-state index in [0.717, 1.165) is 52.2 Å². The van der Waals surface area contributed by atoms with Gasteiger partial charge in [-0.2, -0.15) is 4.98 Å². The summed E-state index contributed by atoms with van der Waals surface area (Å²) in [5.41, 5.74) is 6.61. The van der Waals surface area contributed by atoms with Crippen molar-refractivity contribution in [2.24, 2.45) is 5.41 Å². The highest BCUT2D eigenvalue weighted by Gasteiger charge is 2.36. The average molecular weight is 749 g/mol. The number of hydrogen-bond acceptors (Lipinski definition) is 9. The maximum Gasteiger partial charge on any atom is 0.407 e. The van der Waals surface area contributed by atoms with Crippen molar-refractivity contribution in [3.8, 4) is 17.5 Å². The van der Waals surface area contributed by atoms with Crippen LogP contribution in [0, 0.1) is 12.3 Å². The number of hydrogen-bond donors (Lipinski definition) is 2. The minimum absolute atomic E-state index is 0.163. The van der Waals surface area contributed by atoms with Crippen LogP contribution in [0.25, 0.3) is 11.2 Å². The molecular weight excluding hydrogens is 697 g/mol.